The highest BCUT2D eigenvalue weighted by atomic mass is 19.1. The molecule has 156 valence electrons. The Morgan fingerprint density at radius 3 is 2.34 bits per heavy atom. The van der Waals surface area contributed by atoms with Gasteiger partial charge >= 0.3 is 0 Å². The van der Waals surface area contributed by atoms with E-state index < -0.39 is 17.5 Å². The van der Waals surface area contributed by atoms with Crippen LogP contribution in [0.25, 0.3) is 0 Å². The van der Waals surface area contributed by atoms with Crippen molar-refractivity contribution >= 4 is 11.8 Å². The van der Waals surface area contributed by atoms with Crippen LogP contribution >= 0.6 is 0 Å². The molecule has 0 bridgehead atoms. The number of amides is 2. The normalized spacial score (nSPS) is 11.1. The molecule has 0 saturated carbocycles. The van der Waals surface area contributed by atoms with Crippen LogP contribution in [0.15, 0.2) is 36.4 Å². The number of ether oxygens (including phenoxy) is 1. The van der Waals surface area contributed by atoms with Crippen LogP contribution in [0, 0.1) is 18.6 Å². The van der Waals surface area contributed by atoms with E-state index in [4.69, 9.17) is 4.74 Å². The van der Waals surface area contributed by atoms with Crippen molar-refractivity contribution in [3.8, 4) is 5.75 Å². The van der Waals surface area contributed by atoms with E-state index in [1.807, 2.05) is 25.1 Å². The van der Waals surface area contributed by atoms with Gasteiger partial charge in [-0.15, -0.1) is 0 Å². The molecule has 7 heteroatoms. The first kappa shape index (κ1) is 22.3. The first-order valence-electron chi connectivity index (χ1n) is 9.32. The van der Waals surface area contributed by atoms with Crippen molar-refractivity contribution in [2.45, 2.75) is 33.1 Å². The van der Waals surface area contributed by atoms with Crippen molar-refractivity contribution in [1.29, 1.82) is 0 Å². The first-order chi connectivity index (χ1) is 13.6. The molecule has 2 aromatic carbocycles. The van der Waals surface area contributed by atoms with Crippen molar-refractivity contribution in [1.82, 2.24) is 10.6 Å². The molecule has 2 aromatic rings. The van der Waals surface area contributed by atoms with E-state index in [2.05, 4.69) is 31.4 Å². The summed E-state index contributed by atoms with van der Waals surface area (Å²) in [5.41, 5.74) is 1.74. The molecule has 0 radical (unpaired) electrons. The monoisotopic (exact) mass is 404 g/mol. The van der Waals surface area contributed by atoms with Crippen LogP contribution in [0.2, 0.25) is 0 Å². The fraction of sp³-hybridized carbons (Fsp3) is 0.364. The quantitative estimate of drug-likeness (QED) is 0.694. The number of rotatable bonds is 7. The third kappa shape index (κ3) is 6.55. The fourth-order valence-corrected chi connectivity index (χ4v) is 2.70. The Morgan fingerprint density at radius 1 is 1.00 bits per heavy atom. The van der Waals surface area contributed by atoms with E-state index in [9.17, 15) is 18.4 Å². The fourth-order valence-electron chi connectivity index (χ4n) is 2.70. The Hall–Kier alpha value is -2.96. The molecule has 0 saturated heterocycles. The Balaban J connectivity index is 1.79. The van der Waals surface area contributed by atoms with Gasteiger partial charge in [0.2, 0.25) is 0 Å². The molecule has 29 heavy (non-hydrogen) atoms. The summed E-state index contributed by atoms with van der Waals surface area (Å²) in [6.07, 6.45) is 0. The Morgan fingerprint density at radius 2 is 1.69 bits per heavy atom. The summed E-state index contributed by atoms with van der Waals surface area (Å²) in [5, 5.41) is 5.09. The molecule has 0 atom stereocenters. The van der Waals surface area contributed by atoms with E-state index >= 15 is 0 Å². The molecule has 0 aliphatic heterocycles. The van der Waals surface area contributed by atoms with Gasteiger partial charge in [-0.25, -0.2) is 8.78 Å². The third-order valence-electron chi connectivity index (χ3n) is 4.21. The second-order valence-corrected chi connectivity index (χ2v) is 7.77. The molecular formula is C22H26F2N2O3. The summed E-state index contributed by atoms with van der Waals surface area (Å²) in [7, 11) is 0. The summed E-state index contributed by atoms with van der Waals surface area (Å²) in [6, 6.07) is 8.53. The highest BCUT2D eigenvalue weighted by Gasteiger charge is 2.19. The maximum Gasteiger partial charge on any atom is 0.258 e. The molecule has 2 amide bonds. The van der Waals surface area contributed by atoms with Crippen LogP contribution in [0.3, 0.4) is 0 Å². The minimum absolute atomic E-state index is 0.0964. The van der Waals surface area contributed by atoms with Crippen LogP contribution in [-0.4, -0.2) is 31.5 Å². The van der Waals surface area contributed by atoms with Crippen molar-refractivity contribution < 1.29 is 23.1 Å². The molecule has 0 aromatic heterocycles. The highest BCUT2D eigenvalue weighted by molar-refractivity contribution is 5.94. The summed E-state index contributed by atoms with van der Waals surface area (Å²) in [5.74, 6) is -2.06. The molecular weight excluding hydrogens is 378 g/mol. The highest BCUT2D eigenvalue weighted by Crippen LogP contribution is 2.32. The number of carbonyl (C=O) groups excluding carboxylic acids is 2. The molecule has 0 aliphatic carbocycles. The van der Waals surface area contributed by atoms with Gasteiger partial charge in [0.15, 0.2) is 6.61 Å². The van der Waals surface area contributed by atoms with E-state index in [-0.39, 0.29) is 36.6 Å². The van der Waals surface area contributed by atoms with Crippen LogP contribution in [-0.2, 0) is 10.2 Å². The van der Waals surface area contributed by atoms with Crippen LogP contribution in [0.5, 0.6) is 5.75 Å². The first-order valence-corrected chi connectivity index (χ1v) is 9.32. The van der Waals surface area contributed by atoms with Crippen LogP contribution < -0.4 is 15.4 Å². The maximum atomic E-state index is 13.6. The van der Waals surface area contributed by atoms with Gasteiger partial charge in [-0.2, -0.15) is 0 Å². The summed E-state index contributed by atoms with van der Waals surface area (Å²) < 4.78 is 32.1. The maximum absolute atomic E-state index is 13.6. The Kier molecular flexibility index (Phi) is 7.31. The number of benzene rings is 2. The molecule has 0 fully saturated rings. The van der Waals surface area contributed by atoms with Crippen LogP contribution in [0.4, 0.5) is 8.78 Å². The Bertz CT molecular complexity index is 892. The van der Waals surface area contributed by atoms with Crippen LogP contribution in [0.1, 0.15) is 42.3 Å². The van der Waals surface area contributed by atoms with Crippen molar-refractivity contribution in [3.05, 3.63) is 64.7 Å². The second kappa shape index (κ2) is 9.49. The molecule has 2 rings (SSSR count). The number of nitrogens with one attached hydrogen (secondary N) is 2. The summed E-state index contributed by atoms with van der Waals surface area (Å²) >= 11 is 0. The number of hydrogen-bond acceptors (Lipinski definition) is 3. The second-order valence-electron chi connectivity index (χ2n) is 7.77. The summed E-state index contributed by atoms with van der Waals surface area (Å²) in [4.78, 5) is 23.9. The van der Waals surface area contributed by atoms with Crippen molar-refractivity contribution in [2.24, 2.45) is 0 Å². The van der Waals surface area contributed by atoms with Gasteiger partial charge in [0.1, 0.15) is 17.4 Å². The van der Waals surface area contributed by atoms with E-state index in [0.29, 0.717) is 11.8 Å². The molecule has 0 aliphatic rings. The molecule has 2 N–H and O–H groups in total. The number of aryl methyl sites for hydroxylation is 1. The number of halogens is 2. The van der Waals surface area contributed by atoms with Crippen molar-refractivity contribution in [2.75, 3.05) is 19.7 Å². The number of carbonyl (C=O) groups is 2. The standard InChI is InChI=1S/C22H26F2N2O3/c1-14-5-8-19(17(11-14)22(2,3)4)29-13-20(27)25-9-10-26-21(28)16-7-6-15(23)12-18(16)24/h5-8,11-12H,9-10,13H2,1-4H3,(H,25,27)(H,26,28). The zero-order valence-corrected chi connectivity index (χ0v) is 17.1. The van der Waals surface area contributed by atoms with Gasteiger partial charge in [-0.1, -0.05) is 38.5 Å². The predicted octanol–water partition coefficient (Wildman–Crippen LogP) is 3.50. The topological polar surface area (TPSA) is 67.4 Å². The lowest BCUT2D eigenvalue weighted by Crippen LogP contribution is -2.37. The Labute approximate surface area is 169 Å². The minimum atomic E-state index is -0.937. The van der Waals surface area contributed by atoms with E-state index in [1.54, 1.807) is 0 Å². The van der Waals surface area contributed by atoms with Gasteiger partial charge < -0.3 is 15.4 Å². The largest absolute Gasteiger partial charge is 0.483 e. The van der Waals surface area contributed by atoms with Gasteiger partial charge in [-0.3, -0.25) is 9.59 Å². The van der Waals surface area contributed by atoms with Gasteiger partial charge in [-0.05, 0) is 36.1 Å². The lowest BCUT2D eigenvalue weighted by Gasteiger charge is -2.23. The minimum Gasteiger partial charge on any atom is -0.483 e. The smallest absolute Gasteiger partial charge is 0.258 e. The zero-order chi connectivity index (χ0) is 21.6. The lowest BCUT2D eigenvalue weighted by molar-refractivity contribution is -0.123. The average Bonchev–Trinajstić information content (AvgIpc) is 2.63. The number of hydrogen-bond donors (Lipinski definition) is 2. The summed E-state index contributed by atoms with van der Waals surface area (Å²) in [6.45, 7) is 8.30. The van der Waals surface area contributed by atoms with Gasteiger partial charge in [0.25, 0.3) is 11.8 Å². The molecule has 0 spiro atoms. The average molecular weight is 404 g/mol. The van der Waals surface area contributed by atoms with E-state index in [1.165, 1.54) is 0 Å². The third-order valence-corrected chi connectivity index (χ3v) is 4.21. The zero-order valence-electron chi connectivity index (χ0n) is 17.1. The van der Waals surface area contributed by atoms with Gasteiger partial charge in [0.05, 0.1) is 5.56 Å². The lowest BCUT2D eigenvalue weighted by atomic mass is 9.85. The SMILES string of the molecule is Cc1ccc(OCC(=O)NCCNC(=O)c2ccc(F)cc2F)c(C(C)(C)C)c1. The van der Waals surface area contributed by atoms with E-state index in [0.717, 1.165) is 23.3 Å². The molecule has 5 nitrogen and oxygen atoms in total. The van der Waals surface area contributed by atoms with Gasteiger partial charge in [0, 0.05) is 19.2 Å². The predicted molar refractivity (Wildman–Crippen MR) is 107 cm³/mol. The molecule has 0 unspecified atom stereocenters. The molecule has 0 heterocycles. The van der Waals surface area contributed by atoms with Crippen molar-refractivity contribution in [3.63, 3.8) is 0 Å².